The van der Waals surface area contributed by atoms with Gasteiger partial charge in [0.15, 0.2) is 0 Å². The van der Waals surface area contributed by atoms with Crippen molar-refractivity contribution in [2.75, 3.05) is 6.54 Å². The number of carbonyl (C=O) groups is 1. The van der Waals surface area contributed by atoms with Crippen molar-refractivity contribution in [2.24, 2.45) is 0 Å². The first-order valence-corrected chi connectivity index (χ1v) is 7.93. The summed E-state index contributed by atoms with van der Waals surface area (Å²) >= 11 is 0. The Morgan fingerprint density at radius 3 is 2.78 bits per heavy atom. The first-order valence-electron chi connectivity index (χ1n) is 7.93. The van der Waals surface area contributed by atoms with Crippen molar-refractivity contribution in [1.82, 2.24) is 19.9 Å². The molecule has 0 spiro atoms. The standard InChI is InChI=1S/C18H20N4O/c1-2-22-16-10-4-3-8-14(16)21-17(22)11-7-13-20-18(23)15-9-5-6-12-19-15/h3-6,8-10,12H,2,7,11,13H2,1H3,(H,20,23). The third-order valence-electron chi connectivity index (χ3n) is 3.81. The zero-order valence-electron chi connectivity index (χ0n) is 13.2. The fraction of sp³-hybridized carbons (Fsp3) is 0.278. The molecule has 0 fully saturated rings. The lowest BCUT2D eigenvalue weighted by Gasteiger charge is -2.07. The molecule has 0 aliphatic heterocycles. The Hall–Kier alpha value is -2.69. The molecule has 118 valence electrons. The van der Waals surface area contributed by atoms with Gasteiger partial charge in [0.2, 0.25) is 0 Å². The molecule has 0 unspecified atom stereocenters. The van der Waals surface area contributed by atoms with E-state index in [0.717, 1.165) is 30.7 Å². The summed E-state index contributed by atoms with van der Waals surface area (Å²) in [6.07, 6.45) is 3.31. The van der Waals surface area contributed by atoms with Crippen molar-refractivity contribution in [3.05, 3.63) is 60.2 Å². The lowest BCUT2D eigenvalue weighted by molar-refractivity contribution is 0.0948. The second-order valence-corrected chi connectivity index (χ2v) is 5.34. The van der Waals surface area contributed by atoms with Gasteiger partial charge in [-0.05, 0) is 37.6 Å². The number of fused-ring (bicyclic) bond motifs is 1. The highest BCUT2D eigenvalue weighted by Gasteiger charge is 2.09. The molecule has 23 heavy (non-hydrogen) atoms. The quantitative estimate of drug-likeness (QED) is 0.712. The summed E-state index contributed by atoms with van der Waals surface area (Å²) in [5.74, 6) is 0.940. The van der Waals surface area contributed by atoms with Gasteiger partial charge in [0.25, 0.3) is 5.91 Å². The first-order chi connectivity index (χ1) is 11.3. The maximum Gasteiger partial charge on any atom is 0.269 e. The zero-order chi connectivity index (χ0) is 16.1. The van der Waals surface area contributed by atoms with E-state index in [4.69, 9.17) is 4.98 Å². The van der Waals surface area contributed by atoms with Crippen molar-refractivity contribution < 1.29 is 4.79 Å². The Balaban J connectivity index is 1.58. The minimum Gasteiger partial charge on any atom is -0.351 e. The molecule has 0 atom stereocenters. The molecule has 1 amide bonds. The van der Waals surface area contributed by atoms with Gasteiger partial charge in [0, 0.05) is 25.7 Å². The Labute approximate surface area is 135 Å². The number of benzene rings is 1. The highest BCUT2D eigenvalue weighted by Crippen LogP contribution is 2.16. The smallest absolute Gasteiger partial charge is 0.269 e. The number of rotatable bonds is 6. The third-order valence-corrected chi connectivity index (χ3v) is 3.81. The second-order valence-electron chi connectivity index (χ2n) is 5.34. The Morgan fingerprint density at radius 1 is 1.17 bits per heavy atom. The summed E-state index contributed by atoms with van der Waals surface area (Å²) in [5, 5.41) is 2.90. The van der Waals surface area contributed by atoms with E-state index in [9.17, 15) is 4.79 Å². The normalized spacial score (nSPS) is 10.8. The minimum atomic E-state index is -0.130. The number of nitrogens with one attached hydrogen (secondary N) is 1. The van der Waals surface area contributed by atoms with Crippen molar-refractivity contribution in [2.45, 2.75) is 26.3 Å². The molecule has 2 aromatic heterocycles. The van der Waals surface area contributed by atoms with Crippen LogP contribution in [0.15, 0.2) is 48.7 Å². The number of para-hydroxylation sites is 2. The van der Waals surface area contributed by atoms with E-state index in [1.807, 2.05) is 24.3 Å². The molecule has 3 rings (SSSR count). The maximum absolute atomic E-state index is 11.9. The first kappa shape index (κ1) is 15.2. The molecule has 0 radical (unpaired) electrons. The monoisotopic (exact) mass is 308 g/mol. The Bertz CT molecular complexity index is 795. The highest BCUT2D eigenvalue weighted by atomic mass is 16.1. The van der Waals surface area contributed by atoms with Crippen LogP contribution in [0.5, 0.6) is 0 Å². The largest absolute Gasteiger partial charge is 0.351 e. The van der Waals surface area contributed by atoms with Gasteiger partial charge in [-0.25, -0.2) is 4.98 Å². The predicted molar refractivity (Wildman–Crippen MR) is 90.3 cm³/mol. The Kier molecular flexibility index (Phi) is 4.66. The molecule has 2 heterocycles. The molecule has 0 saturated heterocycles. The van der Waals surface area contributed by atoms with Crippen LogP contribution in [0.25, 0.3) is 11.0 Å². The average molecular weight is 308 g/mol. The molecule has 0 saturated carbocycles. The topological polar surface area (TPSA) is 59.8 Å². The number of amides is 1. The van der Waals surface area contributed by atoms with Gasteiger partial charge >= 0.3 is 0 Å². The fourth-order valence-electron chi connectivity index (χ4n) is 2.71. The summed E-state index contributed by atoms with van der Waals surface area (Å²) < 4.78 is 2.23. The molecule has 5 heteroatoms. The lowest BCUT2D eigenvalue weighted by atomic mass is 10.2. The van der Waals surface area contributed by atoms with Crippen LogP contribution in [0.4, 0.5) is 0 Å². The minimum absolute atomic E-state index is 0.130. The van der Waals surface area contributed by atoms with Crippen molar-refractivity contribution >= 4 is 16.9 Å². The molecule has 3 aromatic rings. The zero-order valence-corrected chi connectivity index (χ0v) is 13.2. The van der Waals surface area contributed by atoms with Gasteiger partial charge in [-0.3, -0.25) is 9.78 Å². The number of carbonyl (C=O) groups excluding carboxylic acids is 1. The summed E-state index contributed by atoms with van der Waals surface area (Å²) in [4.78, 5) is 20.7. The SMILES string of the molecule is CCn1c(CCCNC(=O)c2ccccn2)nc2ccccc21. The number of hydrogen-bond acceptors (Lipinski definition) is 3. The van der Waals surface area contributed by atoms with Crippen LogP contribution in [0.3, 0.4) is 0 Å². The number of nitrogens with zero attached hydrogens (tertiary/aromatic N) is 3. The van der Waals surface area contributed by atoms with Crippen molar-refractivity contribution in [3.8, 4) is 0 Å². The van der Waals surface area contributed by atoms with Gasteiger partial charge in [-0.1, -0.05) is 18.2 Å². The average Bonchev–Trinajstić information content (AvgIpc) is 2.96. The summed E-state index contributed by atoms with van der Waals surface area (Å²) in [7, 11) is 0. The summed E-state index contributed by atoms with van der Waals surface area (Å²) in [6.45, 7) is 3.64. The molecule has 1 N–H and O–H groups in total. The highest BCUT2D eigenvalue weighted by molar-refractivity contribution is 5.92. The van der Waals surface area contributed by atoms with Crippen LogP contribution >= 0.6 is 0 Å². The molecule has 0 aliphatic carbocycles. The third kappa shape index (κ3) is 3.39. The van der Waals surface area contributed by atoms with Crippen LogP contribution in [0.2, 0.25) is 0 Å². The molecule has 0 bridgehead atoms. The van der Waals surface area contributed by atoms with Crippen LogP contribution in [-0.4, -0.2) is 27.0 Å². The summed E-state index contributed by atoms with van der Waals surface area (Å²) in [6, 6.07) is 13.5. The number of hydrogen-bond donors (Lipinski definition) is 1. The maximum atomic E-state index is 11.9. The second kappa shape index (κ2) is 7.05. The van der Waals surface area contributed by atoms with Gasteiger partial charge in [-0.15, -0.1) is 0 Å². The van der Waals surface area contributed by atoms with Crippen LogP contribution in [0, 0.1) is 0 Å². The van der Waals surface area contributed by atoms with Gasteiger partial charge in [-0.2, -0.15) is 0 Å². The number of aromatic nitrogens is 3. The molecular weight excluding hydrogens is 288 g/mol. The Morgan fingerprint density at radius 2 is 2.00 bits per heavy atom. The van der Waals surface area contributed by atoms with E-state index in [1.54, 1.807) is 18.3 Å². The van der Waals surface area contributed by atoms with Gasteiger partial charge in [0.1, 0.15) is 11.5 Å². The number of aryl methyl sites for hydroxylation is 2. The van der Waals surface area contributed by atoms with Crippen LogP contribution in [-0.2, 0) is 13.0 Å². The number of pyridine rings is 1. The molecule has 1 aromatic carbocycles. The van der Waals surface area contributed by atoms with E-state index >= 15 is 0 Å². The van der Waals surface area contributed by atoms with Crippen molar-refractivity contribution in [3.63, 3.8) is 0 Å². The van der Waals surface area contributed by atoms with E-state index < -0.39 is 0 Å². The van der Waals surface area contributed by atoms with E-state index in [2.05, 4.69) is 27.9 Å². The van der Waals surface area contributed by atoms with Crippen LogP contribution in [0.1, 0.15) is 29.7 Å². The lowest BCUT2D eigenvalue weighted by Crippen LogP contribution is -2.25. The van der Waals surface area contributed by atoms with Crippen molar-refractivity contribution in [1.29, 1.82) is 0 Å². The molecule has 0 aliphatic rings. The predicted octanol–water partition coefficient (Wildman–Crippen LogP) is 2.81. The van der Waals surface area contributed by atoms with Gasteiger partial charge in [0.05, 0.1) is 11.0 Å². The van der Waals surface area contributed by atoms with Crippen LogP contribution < -0.4 is 5.32 Å². The van der Waals surface area contributed by atoms with E-state index in [1.165, 1.54) is 5.52 Å². The number of imidazole rings is 1. The van der Waals surface area contributed by atoms with Gasteiger partial charge < -0.3 is 9.88 Å². The molecule has 5 nitrogen and oxygen atoms in total. The summed E-state index contributed by atoms with van der Waals surface area (Å²) in [5.41, 5.74) is 2.65. The van der Waals surface area contributed by atoms with E-state index in [-0.39, 0.29) is 5.91 Å². The van der Waals surface area contributed by atoms with E-state index in [0.29, 0.717) is 12.2 Å². The fourth-order valence-corrected chi connectivity index (χ4v) is 2.71. The molecular formula is C18H20N4O.